The average Bonchev–Trinajstić information content (AvgIpc) is 2.70. The molecular formula is C22H21FN2O3. The molecule has 0 spiro atoms. The van der Waals surface area contributed by atoms with E-state index in [2.05, 4.69) is 10.3 Å². The number of anilines is 1. The first-order chi connectivity index (χ1) is 13.6. The molecule has 0 aliphatic rings. The van der Waals surface area contributed by atoms with Crippen LogP contribution in [0.3, 0.4) is 0 Å². The molecule has 1 amide bonds. The summed E-state index contributed by atoms with van der Waals surface area (Å²) in [7, 11) is 0. The second-order valence-electron chi connectivity index (χ2n) is 6.18. The van der Waals surface area contributed by atoms with Crippen molar-refractivity contribution in [2.45, 2.75) is 20.5 Å². The fraction of sp³-hybridized carbons (Fsp3) is 0.182. The molecule has 6 heteroatoms. The van der Waals surface area contributed by atoms with Crippen molar-refractivity contribution in [2.75, 3.05) is 11.9 Å². The molecule has 0 unspecified atom stereocenters. The number of rotatable bonds is 7. The molecule has 1 heterocycles. The fourth-order valence-corrected chi connectivity index (χ4v) is 2.59. The second kappa shape index (κ2) is 8.99. The van der Waals surface area contributed by atoms with Crippen molar-refractivity contribution in [1.29, 1.82) is 0 Å². The minimum Gasteiger partial charge on any atom is -0.490 e. The van der Waals surface area contributed by atoms with E-state index >= 15 is 0 Å². The fourth-order valence-electron chi connectivity index (χ4n) is 2.59. The van der Waals surface area contributed by atoms with Crippen molar-refractivity contribution in [2.24, 2.45) is 0 Å². The maximum atomic E-state index is 14.0. The zero-order chi connectivity index (χ0) is 19.9. The summed E-state index contributed by atoms with van der Waals surface area (Å²) in [4.78, 5) is 16.5. The Hall–Kier alpha value is -3.41. The maximum Gasteiger partial charge on any atom is 0.255 e. The Labute approximate surface area is 163 Å². The summed E-state index contributed by atoms with van der Waals surface area (Å²) in [6.45, 7) is 4.40. The van der Waals surface area contributed by atoms with Crippen molar-refractivity contribution >= 4 is 11.6 Å². The molecule has 0 aliphatic carbocycles. The lowest BCUT2D eigenvalue weighted by Gasteiger charge is -2.14. The van der Waals surface area contributed by atoms with E-state index < -0.39 is 11.7 Å². The van der Waals surface area contributed by atoms with Crippen LogP contribution >= 0.6 is 0 Å². The highest BCUT2D eigenvalue weighted by molar-refractivity contribution is 6.04. The van der Waals surface area contributed by atoms with E-state index in [0.29, 0.717) is 30.3 Å². The normalized spacial score (nSPS) is 10.4. The van der Waals surface area contributed by atoms with Gasteiger partial charge < -0.3 is 14.8 Å². The predicted molar refractivity (Wildman–Crippen MR) is 105 cm³/mol. The van der Waals surface area contributed by atoms with Crippen LogP contribution in [0.25, 0.3) is 0 Å². The number of hydrogen-bond acceptors (Lipinski definition) is 4. The third-order valence-corrected chi connectivity index (χ3v) is 4.02. The molecule has 5 nitrogen and oxygen atoms in total. The maximum absolute atomic E-state index is 14.0. The van der Waals surface area contributed by atoms with Crippen molar-refractivity contribution in [3.8, 4) is 11.5 Å². The largest absolute Gasteiger partial charge is 0.490 e. The van der Waals surface area contributed by atoms with Crippen LogP contribution in [0, 0.1) is 12.7 Å². The zero-order valence-electron chi connectivity index (χ0n) is 15.7. The molecule has 28 heavy (non-hydrogen) atoms. The molecule has 0 saturated carbocycles. The minimum absolute atomic E-state index is 0.131. The minimum atomic E-state index is -0.476. The smallest absolute Gasteiger partial charge is 0.255 e. The van der Waals surface area contributed by atoms with Gasteiger partial charge in [-0.2, -0.15) is 0 Å². The van der Waals surface area contributed by atoms with Gasteiger partial charge in [-0.3, -0.25) is 9.78 Å². The van der Waals surface area contributed by atoms with Crippen LogP contribution in [0.2, 0.25) is 0 Å². The lowest BCUT2D eigenvalue weighted by atomic mass is 10.1. The Morgan fingerprint density at radius 1 is 1.04 bits per heavy atom. The highest BCUT2D eigenvalue weighted by atomic mass is 19.1. The van der Waals surface area contributed by atoms with Crippen LogP contribution in [0.15, 0.2) is 60.9 Å². The molecule has 0 radical (unpaired) electrons. The molecule has 144 valence electrons. The van der Waals surface area contributed by atoms with Gasteiger partial charge in [-0.1, -0.05) is 6.07 Å². The Kier molecular flexibility index (Phi) is 6.22. The number of halogens is 1. The number of aryl methyl sites for hydroxylation is 1. The van der Waals surface area contributed by atoms with Crippen LogP contribution in [-0.2, 0) is 6.61 Å². The number of aromatic nitrogens is 1. The van der Waals surface area contributed by atoms with Crippen LogP contribution in [0.4, 0.5) is 10.1 Å². The van der Waals surface area contributed by atoms with Gasteiger partial charge in [0.05, 0.1) is 12.3 Å². The number of carbonyl (C=O) groups is 1. The molecule has 0 bridgehead atoms. The Bertz CT molecular complexity index is 961. The van der Waals surface area contributed by atoms with E-state index in [0.717, 1.165) is 11.1 Å². The Balaban J connectivity index is 1.76. The topological polar surface area (TPSA) is 60.5 Å². The monoisotopic (exact) mass is 380 g/mol. The van der Waals surface area contributed by atoms with E-state index in [-0.39, 0.29) is 5.69 Å². The summed E-state index contributed by atoms with van der Waals surface area (Å²) >= 11 is 0. The SMILES string of the molecule is CCOc1cc(C(=O)Nc2ccc(C)cc2F)ccc1OCc1ccncc1. The predicted octanol–water partition coefficient (Wildman–Crippen LogP) is 4.76. The molecule has 3 rings (SSSR count). The van der Waals surface area contributed by atoms with Crippen molar-refractivity contribution in [3.63, 3.8) is 0 Å². The van der Waals surface area contributed by atoms with E-state index in [4.69, 9.17) is 9.47 Å². The van der Waals surface area contributed by atoms with Gasteiger partial charge in [0.1, 0.15) is 12.4 Å². The number of pyridine rings is 1. The molecule has 1 aromatic heterocycles. The number of amides is 1. The van der Waals surface area contributed by atoms with Crippen LogP contribution in [-0.4, -0.2) is 17.5 Å². The number of hydrogen-bond donors (Lipinski definition) is 1. The van der Waals surface area contributed by atoms with Gasteiger partial charge in [-0.25, -0.2) is 4.39 Å². The van der Waals surface area contributed by atoms with E-state index in [1.807, 2.05) is 19.1 Å². The lowest BCUT2D eigenvalue weighted by molar-refractivity contribution is 0.102. The number of carbonyl (C=O) groups excluding carboxylic acids is 1. The van der Waals surface area contributed by atoms with E-state index in [1.165, 1.54) is 12.1 Å². The zero-order valence-corrected chi connectivity index (χ0v) is 15.7. The third-order valence-electron chi connectivity index (χ3n) is 4.02. The second-order valence-corrected chi connectivity index (χ2v) is 6.18. The van der Waals surface area contributed by atoms with Crippen LogP contribution in [0.1, 0.15) is 28.4 Å². The standard InChI is InChI=1S/C22H21FN2O3/c1-3-27-21-13-17(22(26)25-19-6-4-15(2)12-18(19)23)5-7-20(21)28-14-16-8-10-24-11-9-16/h4-13H,3,14H2,1-2H3,(H,25,26). The Morgan fingerprint density at radius 3 is 2.54 bits per heavy atom. The summed E-state index contributed by atoms with van der Waals surface area (Å²) in [6, 6.07) is 13.2. The van der Waals surface area contributed by atoms with Gasteiger partial charge in [0.25, 0.3) is 5.91 Å². The first-order valence-electron chi connectivity index (χ1n) is 8.93. The summed E-state index contributed by atoms with van der Waals surface area (Å²) in [6.07, 6.45) is 3.39. The van der Waals surface area contributed by atoms with Gasteiger partial charge in [0.15, 0.2) is 11.5 Å². The Morgan fingerprint density at radius 2 is 1.82 bits per heavy atom. The number of benzene rings is 2. The first-order valence-corrected chi connectivity index (χ1v) is 8.93. The first kappa shape index (κ1) is 19.4. The van der Waals surface area contributed by atoms with Crippen molar-refractivity contribution in [1.82, 2.24) is 4.98 Å². The number of ether oxygens (including phenoxy) is 2. The van der Waals surface area contributed by atoms with Crippen LogP contribution < -0.4 is 14.8 Å². The van der Waals surface area contributed by atoms with Gasteiger partial charge in [0, 0.05) is 18.0 Å². The molecule has 0 saturated heterocycles. The average molecular weight is 380 g/mol. The molecule has 0 aliphatic heterocycles. The summed E-state index contributed by atoms with van der Waals surface area (Å²) in [5.41, 5.74) is 2.23. The molecule has 0 fully saturated rings. The molecule has 3 aromatic rings. The summed E-state index contributed by atoms with van der Waals surface area (Å²) < 4.78 is 25.4. The van der Waals surface area contributed by atoms with Gasteiger partial charge in [0.2, 0.25) is 0 Å². The molecule has 2 aromatic carbocycles. The van der Waals surface area contributed by atoms with E-state index in [1.54, 1.807) is 43.6 Å². The molecular weight excluding hydrogens is 359 g/mol. The highest BCUT2D eigenvalue weighted by Gasteiger charge is 2.14. The van der Waals surface area contributed by atoms with Crippen LogP contribution in [0.5, 0.6) is 11.5 Å². The summed E-state index contributed by atoms with van der Waals surface area (Å²) in [5, 5.41) is 2.58. The van der Waals surface area contributed by atoms with Gasteiger partial charge in [-0.15, -0.1) is 0 Å². The number of nitrogens with one attached hydrogen (secondary N) is 1. The third kappa shape index (κ3) is 4.85. The summed E-state index contributed by atoms with van der Waals surface area (Å²) in [5.74, 6) is 0.0744. The lowest BCUT2D eigenvalue weighted by Crippen LogP contribution is -2.13. The highest BCUT2D eigenvalue weighted by Crippen LogP contribution is 2.30. The van der Waals surface area contributed by atoms with Gasteiger partial charge >= 0.3 is 0 Å². The number of nitrogens with zero attached hydrogens (tertiary/aromatic N) is 1. The van der Waals surface area contributed by atoms with Crippen molar-refractivity contribution < 1.29 is 18.7 Å². The van der Waals surface area contributed by atoms with Gasteiger partial charge in [-0.05, 0) is 67.4 Å². The van der Waals surface area contributed by atoms with E-state index in [9.17, 15) is 9.18 Å². The molecule has 0 atom stereocenters. The quantitative estimate of drug-likeness (QED) is 0.642. The van der Waals surface area contributed by atoms with Crippen molar-refractivity contribution in [3.05, 3.63) is 83.4 Å². The molecule has 1 N–H and O–H groups in total.